The molecule has 0 atom stereocenters. The van der Waals surface area contributed by atoms with Gasteiger partial charge in [-0.15, -0.1) is 0 Å². The molecule has 2 aromatic rings. The predicted molar refractivity (Wildman–Crippen MR) is 216 cm³/mol. The van der Waals surface area contributed by atoms with Crippen LogP contribution in [0.5, 0.6) is 0 Å². The molecule has 0 radical (unpaired) electrons. The number of nitrogens with zero attached hydrogens (tertiary/aromatic N) is 2. The second-order valence-electron chi connectivity index (χ2n) is 15.0. The van der Waals surface area contributed by atoms with Crippen LogP contribution in [0.2, 0.25) is 0 Å². The van der Waals surface area contributed by atoms with Crippen LogP contribution in [0.4, 0.5) is 0 Å². The summed E-state index contributed by atoms with van der Waals surface area (Å²) in [6.45, 7) is 16.2. The number of hydrogen-bond donors (Lipinski definition) is 0. The van der Waals surface area contributed by atoms with Crippen LogP contribution < -0.4 is 0 Å². The number of rotatable bonds is 26. The molecule has 0 bridgehead atoms. The van der Waals surface area contributed by atoms with Gasteiger partial charge in [0.1, 0.15) is 0 Å². The molecule has 0 aromatic heterocycles. The van der Waals surface area contributed by atoms with Crippen molar-refractivity contribution in [3.63, 3.8) is 0 Å². The third-order valence-corrected chi connectivity index (χ3v) is 10.8. The molecule has 0 saturated heterocycles. The molecule has 2 aromatic carbocycles. The zero-order valence-corrected chi connectivity index (χ0v) is 33.3. The molecule has 0 amide bonds. The highest BCUT2D eigenvalue weighted by Gasteiger charge is 2.31. The summed E-state index contributed by atoms with van der Waals surface area (Å²) >= 11 is 0. The first kappa shape index (κ1) is 40.9. The van der Waals surface area contributed by atoms with E-state index in [0.717, 1.165) is 56.3 Å². The summed E-state index contributed by atoms with van der Waals surface area (Å²) in [6, 6.07) is 9.90. The summed E-state index contributed by atoms with van der Waals surface area (Å²) in [5.74, 6) is 0. The molecule has 272 valence electrons. The highest BCUT2D eigenvalue weighted by Crippen LogP contribution is 2.40. The molecule has 1 aliphatic heterocycles. The Morgan fingerprint density at radius 1 is 0.408 bits per heavy atom. The van der Waals surface area contributed by atoms with E-state index < -0.39 is 0 Å². The van der Waals surface area contributed by atoms with Crippen molar-refractivity contribution < 1.29 is 4.70 Å². The van der Waals surface area contributed by atoms with Gasteiger partial charge in [0.25, 0.3) is 0 Å². The van der Waals surface area contributed by atoms with Crippen molar-refractivity contribution in [2.45, 2.75) is 203 Å². The molecule has 0 unspecified atom stereocenters. The maximum absolute atomic E-state index is 12.3. The number of hydrogen-bond acceptors (Lipinski definition) is 0. The van der Waals surface area contributed by atoms with E-state index in [-0.39, 0.29) is 0 Å². The molecule has 0 saturated carbocycles. The van der Waals surface area contributed by atoms with E-state index in [0.29, 0.717) is 0 Å². The quantitative estimate of drug-likeness (QED) is 0.0705. The minimum absolute atomic E-state index is 0.981. The molecule has 2 nitrogen and oxygen atoms in total. The lowest BCUT2D eigenvalue weighted by molar-refractivity contribution is -0.344. The van der Waals surface area contributed by atoms with Gasteiger partial charge in [-0.2, -0.15) is 0 Å². The summed E-state index contributed by atoms with van der Waals surface area (Å²) < 4.78 is 1.61. The van der Waals surface area contributed by atoms with E-state index in [1.165, 1.54) is 148 Å². The summed E-state index contributed by atoms with van der Waals surface area (Å²) in [4.78, 5) is 0. The predicted octanol–water partition coefficient (Wildman–Crippen LogP) is 14.9. The molecule has 1 aliphatic rings. The fourth-order valence-corrected chi connectivity index (χ4v) is 7.81. The minimum atomic E-state index is 0.981. The van der Waals surface area contributed by atoms with Gasteiger partial charge < -0.3 is 5.53 Å². The van der Waals surface area contributed by atoms with Crippen LogP contribution >= 0.6 is 0 Å². The Bertz CT molecular complexity index is 1300. The monoisotopic (exact) mass is 667 g/mol. The second kappa shape index (κ2) is 23.1. The molecule has 0 aliphatic carbocycles. The standard InChI is InChI=1S/C47H74N2/c1-8-15-22-28-39-32-42(33-40(29-23-16-9-2)45(39)31-24-17-10-3)46-36-41(27-20-13-6)47(49(46)48)43-34-37(25-18-11-4)44(30-21-14-7)38(35-43)26-19-12-5/h32-36H,8-31H2,1-7H3. The second-order valence-corrected chi connectivity index (χ2v) is 15.0. The van der Waals surface area contributed by atoms with Crippen LogP contribution in [0.25, 0.3) is 16.9 Å². The van der Waals surface area contributed by atoms with Crippen LogP contribution in [-0.4, -0.2) is 4.70 Å². The minimum Gasteiger partial charge on any atom is -0.493 e. The first-order valence-corrected chi connectivity index (χ1v) is 21.2. The largest absolute Gasteiger partial charge is 0.493 e. The molecule has 3 rings (SSSR count). The van der Waals surface area contributed by atoms with Gasteiger partial charge in [-0.3, -0.25) is 0 Å². The molecular formula is C47H74N2. The molecule has 0 fully saturated rings. The number of aryl methyl sites for hydroxylation is 4. The number of allylic oxidation sites excluding steroid dienone is 2. The van der Waals surface area contributed by atoms with E-state index in [2.05, 4.69) is 78.8 Å². The van der Waals surface area contributed by atoms with Gasteiger partial charge >= 0.3 is 0 Å². The van der Waals surface area contributed by atoms with Crippen molar-refractivity contribution in [1.29, 1.82) is 0 Å². The average Bonchev–Trinajstić information content (AvgIpc) is 3.44. The zero-order valence-electron chi connectivity index (χ0n) is 33.3. The van der Waals surface area contributed by atoms with Gasteiger partial charge in [-0.25, -0.2) is 4.70 Å². The average molecular weight is 667 g/mol. The smallest absolute Gasteiger partial charge is 0.210 e. The first-order chi connectivity index (χ1) is 24.0. The molecule has 2 heteroatoms. The summed E-state index contributed by atoms with van der Waals surface area (Å²) in [5, 5.41) is 0. The molecule has 49 heavy (non-hydrogen) atoms. The van der Waals surface area contributed by atoms with Crippen LogP contribution in [-0.2, 0) is 38.5 Å². The van der Waals surface area contributed by atoms with Gasteiger partial charge in [0.05, 0.1) is 0 Å². The van der Waals surface area contributed by atoms with Crippen molar-refractivity contribution in [2.24, 2.45) is 0 Å². The molecule has 0 spiro atoms. The van der Waals surface area contributed by atoms with Gasteiger partial charge in [-0.05, 0) is 148 Å². The zero-order chi connectivity index (χ0) is 35.4. The molecule has 1 heterocycles. The lowest BCUT2D eigenvalue weighted by Gasteiger charge is -2.20. The Morgan fingerprint density at radius 3 is 1.20 bits per heavy atom. The lowest BCUT2D eigenvalue weighted by atomic mass is 9.87. The van der Waals surface area contributed by atoms with E-state index in [4.69, 9.17) is 0 Å². The molecule has 0 N–H and O–H groups in total. The van der Waals surface area contributed by atoms with E-state index in [1.54, 1.807) is 15.8 Å². The van der Waals surface area contributed by atoms with Gasteiger partial charge in [0.15, 0.2) is 0 Å². The Kier molecular flexibility index (Phi) is 19.3. The van der Waals surface area contributed by atoms with E-state index in [9.17, 15) is 5.53 Å². The summed E-state index contributed by atoms with van der Waals surface area (Å²) in [5.41, 5.74) is 27.4. The van der Waals surface area contributed by atoms with Crippen LogP contribution in [0.1, 0.15) is 209 Å². The van der Waals surface area contributed by atoms with Crippen molar-refractivity contribution in [3.8, 4) is 0 Å². The van der Waals surface area contributed by atoms with Crippen LogP contribution in [0.3, 0.4) is 0 Å². The Labute approximate surface area is 303 Å². The highest BCUT2D eigenvalue weighted by molar-refractivity contribution is 5.79. The fourth-order valence-electron chi connectivity index (χ4n) is 7.81. The summed E-state index contributed by atoms with van der Waals surface area (Å²) in [6.07, 6.45) is 31.3. The van der Waals surface area contributed by atoms with Crippen molar-refractivity contribution in [1.82, 2.24) is 0 Å². The normalized spacial score (nSPS) is 13.2. The Balaban J connectivity index is 2.17. The van der Waals surface area contributed by atoms with E-state index >= 15 is 0 Å². The van der Waals surface area contributed by atoms with Gasteiger partial charge in [-0.1, -0.05) is 113 Å². The Morgan fingerprint density at radius 2 is 0.755 bits per heavy atom. The third kappa shape index (κ3) is 12.1. The summed E-state index contributed by atoms with van der Waals surface area (Å²) in [7, 11) is 0. The van der Waals surface area contributed by atoms with E-state index in [1.807, 2.05) is 0 Å². The number of unbranched alkanes of at least 4 members (excludes halogenated alkanes) is 10. The highest BCUT2D eigenvalue weighted by atomic mass is 15.2. The SMILES string of the molecule is CCCCCc1cc(C2=CC(CCCC)=C(c3cc(CCCC)c(CCCC)c(CCCC)c3)[N+]2=[N-])cc(CCCCC)c1CCCCC. The maximum Gasteiger partial charge on any atom is 0.210 e. The maximum atomic E-state index is 12.3. The van der Waals surface area contributed by atoms with Crippen LogP contribution in [0.15, 0.2) is 35.9 Å². The fraction of sp³-hybridized carbons (Fsp3) is 0.660. The first-order valence-electron chi connectivity index (χ1n) is 21.2. The van der Waals surface area contributed by atoms with Gasteiger partial charge in [0, 0.05) is 22.8 Å². The van der Waals surface area contributed by atoms with Crippen molar-refractivity contribution >= 4 is 11.4 Å². The Hall–Kier alpha value is -2.48. The lowest BCUT2D eigenvalue weighted by Crippen LogP contribution is -2.09. The topological polar surface area (TPSA) is 25.3 Å². The third-order valence-electron chi connectivity index (χ3n) is 10.8. The molecular weight excluding hydrogens is 593 g/mol. The van der Waals surface area contributed by atoms with Crippen molar-refractivity contribution in [2.75, 3.05) is 0 Å². The number of benzene rings is 2. The van der Waals surface area contributed by atoms with Crippen molar-refractivity contribution in [3.05, 3.63) is 86.0 Å². The van der Waals surface area contributed by atoms with Gasteiger partial charge in [0.2, 0.25) is 11.4 Å². The van der Waals surface area contributed by atoms with Crippen LogP contribution in [0, 0.1) is 0 Å².